The van der Waals surface area contributed by atoms with Crippen molar-refractivity contribution in [2.75, 3.05) is 18.5 Å². The zero-order valence-electron chi connectivity index (χ0n) is 15.0. The van der Waals surface area contributed by atoms with Crippen LogP contribution in [0.4, 0.5) is 5.69 Å². The van der Waals surface area contributed by atoms with Crippen LogP contribution in [0.1, 0.15) is 19.4 Å². The first-order valence-electron chi connectivity index (χ1n) is 8.60. The summed E-state index contributed by atoms with van der Waals surface area (Å²) in [5.41, 5.74) is 2.44. The first-order chi connectivity index (χ1) is 13.0. The number of imidazole rings is 1. The summed E-state index contributed by atoms with van der Waals surface area (Å²) in [5, 5.41) is 2.84. The lowest BCUT2D eigenvalue weighted by molar-refractivity contribution is -0.115. The Morgan fingerprint density at radius 2 is 1.70 bits per heavy atom. The van der Waals surface area contributed by atoms with Gasteiger partial charge in [0.2, 0.25) is 5.91 Å². The fraction of sp³-hybridized carbons (Fsp3) is 0.263. The number of fused-ring (bicyclic) bond motifs is 1. The quantitative estimate of drug-likeness (QED) is 0.530. The van der Waals surface area contributed by atoms with E-state index < -0.39 is 0 Å². The highest BCUT2D eigenvalue weighted by Crippen LogP contribution is 2.34. The van der Waals surface area contributed by atoms with Crippen molar-refractivity contribution in [1.29, 1.82) is 0 Å². The Morgan fingerprint density at radius 1 is 1.04 bits per heavy atom. The van der Waals surface area contributed by atoms with Gasteiger partial charge in [-0.3, -0.25) is 4.79 Å². The SMILES string of the molecule is CCOc1cc(Br)c(CC(=O)Nc2ccc3[nH]c(=O)[nH]c3c2)cc1OCC. The summed E-state index contributed by atoms with van der Waals surface area (Å²) in [4.78, 5) is 29.1. The molecular weight excluding hydrogens is 414 g/mol. The van der Waals surface area contributed by atoms with E-state index in [1.165, 1.54) is 0 Å². The summed E-state index contributed by atoms with van der Waals surface area (Å²) < 4.78 is 12.0. The van der Waals surface area contributed by atoms with E-state index >= 15 is 0 Å². The molecule has 2 aromatic carbocycles. The molecule has 27 heavy (non-hydrogen) atoms. The predicted molar refractivity (Wildman–Crippen MR) is 108 cm³/mol. The summed E-state index contributed by atoms with van der Waals surface area (Å²) in [6, 6.07) is 8.81. The third-order valence-corrected chi connectivity index (χ3v) is 4.60. The second kappa shape index (κ2) is 8.30. The largest absolute Gasteiger partial charge is 0.490 e. The molecule has 8 heteroatoms. The fourth-order valence-electron chi connectivity index (χ4n) is 2.74. The van der Waals surface area contributed by atoms with Crippen LogP contribution in [0.2, 0.25) is 0 Å². The zero-order valence-corrected chi connectivity index (χ0v) is 16.6. The van der Waals surface area contributed by atoms with Gasteiger partial charge in [0, 0.05) is 10.2 Å². The van der Waals surface area contributed by atoms with Crippen LogP contribution in [0.25, 0.3) is 11.0 Å². The molecule has 142 valence electrons. The maximum Gasteiger partial charge on any atom is 0.323 e. The minimum atomic E-state index is -0.282. The number of aromatic amines is 2. The highest BCUT2D eigenvalue weighted by Gasteiger charge is 2.14. The van der Waals surface area contributed by atoms with Gasteiger partial charge in [0.25, 0.3) is 0 Å². The Balaban J connectivity index is 1.77. The normalized spacial score (nSPS) is 10.8. The summed E-state index contributed by atoms with van der Waals surface area (Å²) in [5.74, 6) is 1.06. The summed E-state index contributed by atoms with van der Waals surface area (Å²) >= 11 is 3.49. The second-order valence-electron chi connectivity index (χ2n) is 5.82. The van der Waals surface area contributed by atoms with Crippen molar-refractivity contribution in [1.82, 2.24) is 9.97 Å². The first kappa shape index (κ1) is 19.0. The molecule has 1 amide bonds. The number of benzene rings is 2. The lowest BCUT2D eigenvalue weighted by atomic mass is 10.1. The van der Waals surface area contributed by atoms with E-state index in [9.17, 15) is 9.59 Å². The van der Waals surface area contributed by atoms with Crippen LogP contribution in [0.5, 0.6) is 11.5 Å². The lowest BCUT2D eigenvalue weighted by Crippen LogP contribution is -2.15. The molecule has 3 aromatic rings. The van der Waals surface area contributed by atoms with E-state index in [-0.39, 0.29) is 18.0 Å². The first-order valence-corrected chi connectivity index (χ1v) is 9.39. The van der Waals surface area contributed by atoms with Gasteiger partial charge in [0.1, 0.15) is 0 Å². The Hall–Kier alpha value is -2.74. The van der Waals surface area contributed by atoms with Crippen LogP contribution < -0.4 is 20.5 Å². The Morgan fingerprint density at radius 3 is 2.41 bits per heavy atom. The molecule has 0 aliphatic rings. The van der Waals surface area contributed by atoms with Crippen molar-refractivity contribution >= 4 is 38.6 Å². The lowest BCUT2D eigenvalue weighted by Gasteiger charge is -2.14. The summed E-state index contributed by atoms with van der Waals surface area (Å²) in [6.45, 7) is 4.82. The zero-order chi connectivity index (χ0) is 19.4. The van der Waals surface area contributed by atoms with Gasteiger partial charge in [-0.25, -0.2) is 4.79 Å². The number of H-pyrrole nitrogens is 2. The van der Waals surface area contributed by atoms with E-state index in [0.29, 0.717) is 41.4 Å². The van der Waals surface area contributed by atoms with Crippen molar-refractivity contribution in [3.05, 3.63) is 50.9 Å². The third kappa shape index (κ3) is 4.51. The van der Waals surface area contributed by atoms with E-state index in [4.69, 9.17) is 9.47 Å². The van der Waals surface area contributed by atoms with Gasteiger partial charge in [0.15, 0.2) is 11.5 Å². The molecule has 0 fully saturated rings. The molecule has 1 heterocycles. The highest BCUT2D eigenvalue weighted by atomic mass is 79.9. The number of anilines is 1. The number of halogens is 1. The van der Waals surface area contributed by atoms with Crippen molar-refractivity contribution in [2.45, 2.75) is 20.3 Å². The molecule has 0 saturated heterocycles. The minimum Gasteiger partial charge on any atom is -0.490 e. The van der Waals surface area contributed by atoms with Crippen molar-refractivity contribution in [3.8, 4) is 11.5 Å². The van der Waals surface area contributed by atoms with Gasteiger partial charge in [0.05, 0.1) is 30.7 Å². The van der Waals surface area contributed by atoms with E-state index in [1.807, 2.05) is 26.0 Å². The fourth-order valence-corrected chi connectivity index (χ4v) is 3.20. The number of hydrogen-bond acceptors (Lipinski definition) is 4. The molecule has 0 aliphatic heterocycles. The van der Waals surface area contributed by atoms with Gasteiger partial charge in [-0.15, -0.1) is 0 Å². The van der Waals surface area contributed by atoms with Crippen LogP contribution in [-0.4, -0.2) is 29.1 Å². The van der Waals surface area contributed by atoms with Crippen molar-refractivity contribution < 1.29 is 14.3 Å². The summed E-state index contributed by atoms with van der Waals surface area (Å²) in [7, 11) is 0. The molecule has 0 atom stereocenters. The van der Waals surface area contributed by atoms with Crippen LogP contribution >= 0.6 is 15.9 Å². The smallest absolute Gasteiger partial charge is 0.323 e. The highest BCUT2D eigenvalue weighted by molar-refractivity contribution is 9.10. The average molecular weight is 434 g/mol. The molecule has 0 saturated carbocycles. The summed E-state index contributed by atoms with van der Waals surface area (Å²) in [6.07, 6.45) is 0.161. The number of rotatable bonds is 7. The van der Waals surface area contributed by atoms with Gasteiger partial charge in [-0.2, -0.15) is 0 Å². The molecule has 0 unspecified atom stereocenters. The monoisotopic (exact) mass is 433 g/mol. The van der Waals surface area contributed by atoms with Gasteiger partial charge in [-0.1, -0.05) is 15.9 Å². The van der Waals surface area contributed by atoms with Crippen LogP contribution in [-0.2, 0) is 11.2 Å². The number of hydrogen-bond donors (Lipinski definition) is 3. The van der Waals surface area contributed by atoms with E-state index in [0.717, 1.165) is 10.0 Å². The van der Waals surface area contributed by atoms with Crippen LogP contribution in [0.3, 0.4) is 0 Å². The number of carbonyl (C=O) groups is 1. The van der Waals surface area contributed by atoms with Gasteiger partial charge >= 0.3 is 5.69 Å². The number of nitrogens with one attached hydrogen (secondary N) is 3. The third-order valence-electron chi connectivity index (χ3n) is 3.86. The van der Waals surface area contributed by atoms with Crippen LogP contribution in [0, 0.1) is 0 Å². The molecule has 1 aromatic heterocycles. The predicted octanol–water partition coefficient (Wildman–Crippen LogP) is 3.60. The molecule has 0 spiro atoms. The van der Waals surface area contributed by atoms with Gasteiger partial charge in [-0.05, 0) is 49.7 Å². The molecule has 0 radical (unpaired) electrons. The number of ether oxygens (including phenoxy) is 2. The van der Waals surface area contributed by atoms with Crippen molar-refractivity contribution in [2.24, 2.45) is 0 Å². The molecule has 3 rings (SSSR count). The van der Waals surface area contributed by atoms with E-state index in [1.54, 1.807) is 18.2 Å². The number of aromatic nitrogens is 2. The molecule has 0 bridgehead atoms. The Labute approximate surface area is 164 Å². The molecule has 0 aliphatic carbocycles. The number of amides is 1. The topological polar surface area (TPSA) is 96.2 Å². The molecule has 7 nitrogen and oxygen atoms in total. The Bertz CT molecular complexity index is 1030. The van der Waals surface area contributed by atoms with Crippen molar-refractivity contribution in [3.63, 3.8) is 0 Å². The van der Waals surface area contributed by atoms with E-state index in [2.05, 4.69) is 31.2 Å². The maximum atomic E-state index is 12.5. The average Bonchev–Trinajstić information content (AvgIpc) is 2.98. The number of carbonyl (C=O) groups excluding carboxylic acids is 1. The Kier molecular flexibility index (Phi) is 5.85. The molecular formula is C19H20BrN3O4. The van der Waals surface area contributed by atoms with Gasteiger partial charge < -0.3 is 24.8 Å². The molecule has 3 N–H and O–H groups in total. The maximum absolute atomic E-state index is 12.5. The standard InChI is InChI=1S/C19H20BrN3O4/c1-3-26-16-7-11(13(20)10-17(16)27-4-2)8-18(24)21-12-5-6-14-15(9-12)23-19(25)22-14/h5-7,9-10H,3-4,8H2,1-2H3,(H,21,24)(H2,22,23,25). The minimum absolute atomic E-state index is 0.161. The van der Waals surface area contributed by atoms with Crippen LogP contribution in [0.15, 0.2) is 39.6 Å². The second-order valence-corrected chi connectivity index (χ2v) is 6.68.